The summed E-state index contributed by atoms with van der Waals surface area (Å²) in [6, 6.07) is 0.988. The molecule has 1 atom stereocenters. The molecule has 0 aromatic carbocycles. The van der Waals surface area contributed by atoms with Crippen LogP contribution in [0.4, 0.5) is 0 Å². The number of likely N-dealkylation sites (tertiary alicyclic amines) is 2. The molecule has 0 radical (unpaired) electrons. The van der Waals surface area contributed by atoms with Crippen LogP contribution in [0, 0.1) is 6.92 Å². The van der Waals surface area contributed by atoms with Gasteiger partial charge in [-0.3, -0.25) is 19.7 Å². The average molecular weight is 288 g/mol. The fraction of sp³-hybridized carbons (Fsp3) is 0.688. The fourth-order valence-corrected chi connectivity index (χ4v) is 3.70. The van der Waals surface area contributed by atoms with E-state index in [0.29, 0.717) is 12.1 Å². The molecule has 1 amide bonds. The van der Waals surface area contributed by atoms with E-state index in [0.717, 1.165) is 43.9 Å². The Balaban J connectivity index is 1.69. The van der Waals surface area contributed by atoms with Crippen molar-refractivity contribution < 1.29 is 4.79 Å². The first kappa shape index (κ1) is 14.4. The molecule has 0 N–H and O–H groups in total. The first-order chi connectivity index (χ1) is 10.1. The van der Waals surface area contributed by atoms with Crippen LogP contribution < -0.4 is 0 Å². The number of rotatable bonds is 2. The molecular formula is C16H24N4O. The predicted octanol–water partition coefficient (Wildman–Crippen LogP) is 1.93. The number of nitrogens with zero attached hydrogens (tertiary/aromatic N) is 4. The molecule has 21 heavy (non-hydrogen) atoms. The van der Waals surface area contributed by atoms with Crippen LogP contribution in [0.25, 0.3) is 0 Å². The summed E-state index contributed by atoms with van der Waals surface area (Å²) in [5, 5.41) is 0. The van der Waals surface area contributed by atoms with Gasteiger partial charge in [-0.1, -0.05) is 0 Å². The maximum atomic E-state index is 11.4. The normalized spacial score (nSPS) is 24.5. The molecule has 5 heteroatoms. The van der Waals surface area contributed by atoms with Crippen molar-refractivity contribution in [2.24, 2.45) is 0 Å². The van der Waals surface area contributed by atoms with Crippen LogP contribution in [-0.2, 0) is 4.79 Å². The minimum Gasteiger partial charge on any atom is -0.343 e. The predicted molar refractivity (Wildman–Crippen MR) is 80.7 cm³/mol. The van der Waals surface area contributed by atoms with E-state index in [1.165, 1.54) is 12.8 Å². The molecule has 1 aromatic heterocycles. The molecule has 0 aliphatic carbocycles. The molecule has 3 heterocycles. The fourth-order valence-electron chi connectivity index (χ4n) is 3.70. The number of aromatic nitrogens is 2. The van der Waals surface area contributed by atoms with Gasteiger partial charge in [-0.25, -0.2) is 0 Å². The molecule has 2 fully saturated rings. The lowest BCUT2D eigenvalue weighted by molar-refractivity contribution is -0.130. The van der Waals surface area contributed by atoms with Crippen LogP contribution in [-0.4, -0.2) is 51.4 Å². The van der Waals surface area contributed by atoms with Gasteiger partial charge in [0.1, 0.15) is 0 Å². The standard InChI is InChI=1S/C16H24N4O/c1-12-10-17-11-15(18-12)16-4-3-7-20(16)14-5-8-19(9-6-14)13(2)21/h10-11,14,16H,3-9H2,1-2H3/t16-/m0/s1. The third-order valence-corrected chi connectivity index (χ3v) is 4.79. The van der Waals surface area contributed by atoms with Gasteiger partial charge in [-0.2, -0.15) is 0 Å². The van der Waals surface area contributed by atoms with Gasteiger partial charge in [0.15, 0.2) is 0 Å². The molecular weight excluding hydrogens is 264 g/mol. The molecule has 3 rings (SSSR count). The van der Waals surface area contributed by atoms with Crippen LogP contribution in [0.1, 0.15) is 50.0 Å². The molecule has 5 nitrogen and oxygen atoms in total. The van der Waals surface area contributed by atoms with Gasteiger partial charge in [-0.15, -0.1) is 0 Å². The number of carbonyl (C=O) groups is 1. The van der Waals surface area contributed by atoms with E-state index in [9.17, 15) is 4.79 Å². The number of hydrogen-bond donors (Lipinski definition) is 0. The van der Waals surface area contributed by atoms with Gasteiger partial charge >= 0.3 is 0 Å². The second-order valence-electron chi connectivity index (χ2n) is 6.22. The number of hydrogen-bond acceptors (Lipinski definition) is 4. The molecule has 114 valence electrons. The lowest BCUT2D eigenvalue weighted by Crippen LogP contribution is -2.46. The summed E-state index contributed by atoms with van der Waals surface area (Å²) in [6.45, 7) is 6.60. The molecule has 0 saturated carbocycles. The topological polar surface area (TPSA) is 49.3 Å². The van der Waals surface area contributed by atoms with Crippen molar-refractivity contribution in [2.45, 2.75) is 51.6 Å². The third kappa shape index (κ3) is 3.07. The maximum Gasteiger partial charge on any atom is 0.219 e. The lowest BCUT2D eigenvalue weighted by atomic mass is 10.0. The molecule has 2 aliphatic heterocycles. The quantitative estimate of drug-likeness (QED) is 0.834. The largest absolute Gasteiger partial charge is 0.343 e. The SMILES string of the molecule is CC(=O)N1CCC(N2CCC[C@H]2c2cncc(C)n2)CC1. The van der Waals surface area contributed by atoms with E-state index in [-0.39, 0.29) is 5.91 Å². The molecule has 2 saturated heterocycles. The van der Waals surface area contributed by atoms with Gasteiger partial charge in [0.2, 0.25) is 5.91 Å². The van der Waals surface area contributed by atoms with Crippen molar-refractivity contribution in [1.29, 1.82) is 0 Å². The summed E-state index contributed by atoms with van der Waals surface area (Å²) in [6.07, 6.45) is 8.29. The van der Waals surface area contributed by atoms with Crippen molar-refractivity contribution in [3.05, 3.63) is 23.8 Å². The zero-order chi connectivity index (χ0) is 14.8. The zero-order valence-electron chi connectivity index (χ0n) is 13.0. The minimum atomic E-state index is 0.205. The highest BCUT2D eigenvalue weighted by Crippen LogP contribution is 2.35. The van der Waals surface area contributed by atoms with E-state index in [4.69, 9.17) is 0 Å². The van der Waals surface area contributed by atoms with Crippen LogP contribution in [0.15, 0.2) is 12.4 Å². The Hall–Kier alpha value is -1.49. The first-order valence-electron chi connectivity index (χ1n) is 7.95. The second kappa shape index (κ2) is 6.10. The summed E-state index contributed by atoms with van der Waals surface area (Å²) in [5.74, 6) is 0.205. The summed E-state index contributed by atoms with van der Waals surface area (Å²) in [4.78, 5) is 25.0. The van der Waals surface area contributed by atoms with Gasteiger partial charge in [0, 0.05) is 38.4 Å². The highest BCUT2D eigenvalue weighted by Gasteiger charge is 2.34. The Labute approximate surface area is 126 Å². The van der Waals surface area contributed by atoms with E-state index >= 15 is 0 Å². The van der Waals surface area contributed by atoms with Crippen molar-refractivity contribution in [1.82, 2.24) is 19.8 Å². The average Bonchev–Trinajstić information content (AvgIpc) is 2.97. The van der Waals surface area contributed by atoms with Crippen LogP contribution >= 0.6 is 0 Å². The van der Waals surface area contributed by atoms with E-state index in [1.54, 1.807) is 6.92 Å². The smallest absolute Gasteiger partial charge is 0.219 e. The van der Waals surface area contributed by atoms with Crippen molar-refractivity contribution in [3.63, 3.8) is 0 Å². The Bertz CT molecular complexity index is 511. The Kier molecular flexibility index (Phi) is 4.19. The summed E-state index contributed by atoms with van der Waals surface area (Å²) >= 11 is 0. The lowest BCUT2D eigenvalue weighted by Gasteiger charge is -2.39. The van der Waals surface area contributed by atoms with Crippen LogP contribution in [0.5, 0.6) is 0 Å². The molecule has 0 bridgehead atoms. The third-order valence-electron chi connectivity index (χ3n) is 4.79. The maximum absolute atomic E-state index is 11.4. The highest BCUT2D eigenvalue weighted by atomic mass is 16.2. The van der Waals surface area contributed by atoms with Crippen LogP contribution in [0.2, 0.25) is 0 Å². The number of piperidine rings is 1. The highest BCUT2D eigenvalue weighted by molar-refractivity contribution is 5.73. The second-order valence-corrected chi connectivity index (χ2v) is 6.22. The summed E-state index contributed by atoms with van der Waals surface area (Å²) < 4.78 is 0. The summed E-state index contributed by atoms with van der Waals surface area (Å²) in [5.41, 5.74) is 2.10. The Morgan fingerprint density at radius 3 is 2.62 bits per heavy atom. The summed E-state index contributed by atoms with van der Waals surface area (Å²) in [7, 11) is 0. The van der Waals surface area contributed by atoms with Crippen molar-refractivity contribution >= 4 is 5.91 Å². The number of aryl methyl sites for hydroxylation is 1. The van der Waals surface area contributed by atoms with Crippen molar-refractivity contribution in [2.75, 3.05) is 19.6 Å². The molecule has 2 aliphatic rings. The Morgan fingerprint density at radius 1 is 1.19 bits per heavy atom. The zero-order valence-corrected chi connectivity index (χ0v) is 13.0. The monoisotopic (exact) mass is 288 g/mol. The van der Waals surface area contributed by atoms with E-state index in [1.807, 2.05) is 24.2 Å². The first-order valence-corrected chi connectivity index (χ1v) is 7.95. The Morgan fingerprint density at radius 2 is 1.95 bits per heavy atom. The van der Waals surface area contributed by atoms with Gasteiger partial charge in [0.05, 0.1) is 17.4 Å². The number of amides is 1. The van der Waals surface area contributed by atoms with Crippen LogP contribution in [0.3, 0.4) is 0 Å². The molecule has 1 aromatic rings. The van der Waals surface area contributed by atoms with Gasteiger partial charge in [0.25, 0.3) is 0 Å². The van der Waals surface area contributed by atoms with E-state index < -0.39 is 0 Å². The van der Waals surface area contributed by atoms with E-state index in [2.05, 4.69) is 14.9 Å². The van der Waals surface area contributed by atoms with Crippen molar-refractivity contribution in [3.8, 4) is 0 Å². The van der Waals surface area contributed by atoms with Gasteiger partial charge in [-0.05, 0) is 39.2 Å². The van der Waals surface area contributed by atoms with Gasteiger partial charge < -0.3 is 4.90 Å². The molecule has 0 spiro atoms. The molecule has 0 unspecified atom stereocenters. The number of carbonyl (C=O) groups excluding carboxylic acids is 1. The minimum absolute atomic E-state index is 0.205.